The first-order valence-corrected chi connectivity index (χ1v) is 4.53. The summed E-state index contributed by atoms with van der Waals surface area (Å²) in [5.74, 6) is -0.637. The Hall–Kier alpha value is 0.00247. The second-order valence-corrected chi connectivity index (χ2v) is 3.38. The minimum absolute atomic E-state index is 0. The summed E-state index contributed by atoms with van der Waals surface area (Å²) >= 11 is 0. The topological polar surface area (TPSA) is 37.3 Å². The summed E-state index contributed by atoms with van der Waals surface area (Å²) in [6.45, 7) is 0. The highest BCUT2D eigenvalue weighted by Gasteiger charge is 2.17. The zero-order valence-corrected chi connectivity index (χ0v) is 6.88. The SMILES string of the molecule is O=C(O)C1CCCCCCC1.[AlH3]. The molecule has 12 heavy (non-hydrogen) atoms. The van der Waals surface area contributed by atoms with Gasteiger partial charge in [-0.05, 0) is 12.8 Å². The van der Waals surface area contributed by atoms with Crippen LogP contribution in [0.3, 0.4) is 0 Å². The summed E-state index contributed by atoms with van der Waals surface area (Å²) in [6.07, 6.45) is 7.76. The van der Waals surface area contributed by atoms with E-state index in [9.17, 15) is 4.79 Å². The smallest absolute Gasteiger partial charge is 0.306 e. The van der Waals surface area contributed by atoms with Crippen molar-refractivity contribution in [3.63, 3.8) is 0 Å². The maximum Gasteiger partial charge on any atom is 0.306 e. The van der Waals surface area contributed by atoms with E-state index in [0.29, 0.717) is 0 Å². The fourth-order valence-electron chi connectivity index (χ4n) is 1.70. The van der Waals surface area contributed by atoms with Gasteiger partial charge in [0.05, 0.1) is 5.92 Å². The van der Waals surface area contributed by atoms with Gasteiger partial charge in [-0.25, -0.2) is 0 Å². The maximum atomic E-state index is 10.6. The van der Waals surface area contributed by atoms with Crippen molar-refractivity contribution in [3.8, 4) is 0 Å². The summed E-state index contributed by atoms with van der Waals surface area (Å²) in [5.41, 5.74) is 0. The lowest BCUT2D eigenvalue weighted by molar-refractivity contribution is -0.142. The van der Waals surface area contributed by atoms with Crippen molar-refractivity contribution in [2.24, 2.45) is 5.92 Å². The fraction of sp³-hybridized carbons (Fsp3) is 0.889. The third-order valence-electron chi connectivity index (χ3n) is 2.45. The van der Waals surface area contributed by atoms with Gasteiger partial charge in [-0.1, -0.05) is 32.1 Å². The Morgan fingerprint density at radius 1 is 1.00 bits per heavy atom. The predicted octanol–water partition coefficient (Wildman–Crippen LogP) is 1.25. The van der Waals surface area contributed by atoms with Crippen LogP contribution in [-0.2, 0) is 4.79 Å². The van der Waals surface area contributed by atoms with E-state index in [2.05, 4.69) is 0 Å². The van der Waals surface area contributed by atoms with Crippen LogP contribution in [0.4, 0.5) is 0 Å². The van der Waals surface area contributed by atoms with E-state index in [4.69, 9.17) is 5.11 Å². The Morgan fingerprint density at radius 2 is 1.42 bits per heavy atom. The van der Waals surface area contributed by atoms with Crippen molar-refractivity contribution in [3.05, 3.63) is 0 Å². The van der Waals surface area contributed by atoms with Crippen LogP contribution in [0.25, 0.3) is 0 Å². The van der Waals surface area contributed by atoms with Gasteiger partial charge in [0.25, 0.3) is 0 Å². The molecule has 3 heteroatoms. The highest BCUT2D eigenvalue weighted by Crippen LogP contribution is 2.21. The fourth-order valence-corrected chi connectivity index (χ4v) is 1.70. The molecule has 2 nitrogen and oxygen atoms in total. The molecule has 1 N–H and O–H groups in total. The minimum atomic E-state index is -0.591. The molecule has 0 saturated heterocycles. The molecule has 1 fully saturated rings. The van der Waals surface area contributed by atoms with Crippen molar-refractivity contribution in [2.75, 3.05) is 0 Å². The second-order valence-electron chi connectivity index (χ2n) is 3.38. The van der Waals surface area contributed by atoms with Crippen LogP contribution in [-0.4, -0.2) is 28.4 Å². The Morgan fingerprint density at radius 3 is 1.83 bits per heavy atom. The number of aliphatic carboxylic acids is 1. The Kier molecular flexibility index (Phi) is 6.51. The third kappa shape index (κ3) is 4.13. The highest BCUT2D eigenvalue weighted by molar-refractivity contribution is 5.75. The predicted molar refractivity (Wildman–Crippen MR) is 53.4 cm³/mol. The molecule has 0 bridgehead atoms. The van der Waals surface area contributed by atoms with E-state index in [1.54, 1.807) is 0 Å². The molecule has 70 valence electrons. The van der Waals surface area contributed by atoms with Crippen molar-refractivity contribution in [1.82, 2.24) is 0 Å². The molecule has 1 rings (SSSR count). The summed E-state index contributed by atoms with van der Waals surface area (Å²) in [4.78, 5) is 10.6. The van der Waals surface area contributed by atoms with Crippen LogP contribution in [0, 0.1) is 5.92 Å². The lowest BCUT2D eigenvalue weighted by Crippen LogP contribution is -2.14. The van der Waals surface area contributed by atoms with Gasteiger partial charge in [0.2, 0.25) is 0 Å². The molecule has 0 unspecified atom stereocenters. The van der Waals surface area contributed by atoms with Gasteiger partial charge >= 0.3 is 5.97 Å². The van der Waals surface area contributed by atoms with Crippen molar-refractivity contribution >= 4 is 23.3 Å². The van der Waals surface area contributed by atoms with Crippen LogP contribution >= 0.6 is 0 Å². The Balaban J connectivity index is 0.00000121. The molecular formula is C9H19AlO2. The molecule has 1 aliphatic carbocycles. The van der Waals surface area contributed by atoms with Crippen molar-refractivity contribution in [2.45, 2.75) is 44.9 Å². The summed E-state index contributed by atoms with van der Waals surface area (Å²) in [7, 11) is 0. The largest absolute Gasteiger partial charge is 0.481 e. The van der Waals surface area contributed by atoms with Gasteiger partial charge < -0.3 is 5.11 Å². The van der Waals surface area contributed by atoms with E-state index in [1.807, 2.05) is 0 Å². The van der Waals surface area contributed by atoms with Crippen LogP contribution in [0.1, 0.15) is 44.9 Å². The molecule has 1 saturated carbocycles. The van der Waals surface area contributed by atoms with E-state index in [1.165, 1.54) is 19.3 Å². The first kappa shape index (κ1) is 12.0. The number of hydrogen-bond acceptors (Lipinski definition) is 1. The van der Waals surface area contributed by atoms with Crippen LogP contribution < -0.4 is 0 Å². The molecule has 0 amide bonds. The standard InChI is InChI=1S/C9H16O2.Al.3H/c10-9(11)8-6-4-2-1-3-5-7-8;;;;/h8H,1-7H2,(H,10,11);;;;. The molecule has 0 aromatic carbocycles. The number of carboxylic acids is 1. The van der Waals surface area contributed by atoms with Gasteiger partial charge in [0.1, 0.15) is 0 Å². The molecular weight excluding hydrogens is 167 g/mol. The molecule has 0 radical (unpaired) electrons. The van der Waals surface area contributed by atoms with E-state index in [0.717, 1.165) is 25.7 Å². The third-order valence-corrected chi connectivity index (χ3v) is 2.45. The Bertz CT molecular complexity index is 128. The second kappa shape index (κ2) is 6.51. The molecule has 0 spiro atoms. The summed E-state index contributed by atoms with van der Waals surface area (Å²) < 4.78 is 0. The Labute approximate surface area is 84.5 Å². The van der Waals surface area contributed by atoms with E-state index >= 15 is 0 Å². The summed E-state index contributed by atoms with van der Waals surface area (Å²) in [5, 5.41) is 8.76. The zero-order chi connectivity index (χ0) is 8.10. The molecule has 0 atom stereocenters. The first-order chi connectivity index (χ1) is 5.30. The van der Waals surface area contributed by atoms with Gasteiger partial charge in [-0.3, -0.25) is 4.79 Å². The molecule has 0 aromatic heterocycles. The van der Waals surface area contributed by atoms with Crippen LogP contribution in [0.15, 0.2) is 0 Å². The minimum Gasteiger partial charge on any atom is -0.481 e. The maximum absolute atomic E-state index is 10.6. The number of hydrogen-bond donors (Lipinski definition) is 1. The van der Waals surface area contributed by atoms with Gasteiger partial charge in [0, 0.05) is 0 Å². The summed E-state index contributed by atoms with van der Waals surface area (Å²) in [6, 6.07) is 0. The lowest BCUT2D eigenvalue weighted by Gasteiger charge is -2.14. The average Bonchev–Trinajstić information content (AvgIpc) is 1.84. The van der Waals surface area contributed by atoms with Gasteiger partial charge in [-0.2, -0.15) is 0 Å². The van der Waals surface area contributed by atoms with Crippen LogP contribution in [0.5, 0.6) is 0 Å². The quantitative estimate of drug-likeness (QED) is 0.626. The highest BCUT2D eigenvalue weighted by atomic mass is 27.0. The average molecular weight is 186 g/mol. The molecule has 0 aromatic rings. The lowest BCUT2D eigenvalue weighted by atomic mass is 9.91. The van der Waals surface area contributed by atoms with Crippen molar-refractivity contribution in [1.29, 1.82) is 0 Å². The van der Waals surface area contributed by atoms with Gasteiger partial charge in [-0.15, -0.1) is 0 Å². The molecule has 0 aliphatic heterocycles. The number of carbonyl (C=O) groups is 1. The number of rotatable bonds is 1. The van der Waals surface area contributed by atoms with E-state index in [-0.39, 0.29) is 23.3 Å². The van der Waals surface area contributed by atoms with Gasteiger partial charge in [0.15, 0.2) is 17.4 Å². The van der Waals surface area contributed by atoms with Crippen LogP contribution in [0.2, 0.25) is 0 Å². The van der Waals surface area contributed by atoms with Crippen molar-refractivity contribution < 1.29 is 9.90 Å². The zero-order valence-electron chi connectivity index (χ0n) is 6.88. The normalized spacial score (nSPS) is 20.3. The number of carboxylic acid groups (broad SMARTS) is 1. The molecule has 0 heterocycles. The monoisotopic (exact) mass is 186 g/mol. The van der Waals surface area contributed by atoms with E-state index < -0.39 is 5.97 Å². The first-order valence-electron chi connectivity index (χ1n) is 4.53. The molecule has 1 aliphatic rings.